The van der Waals surface area contributed by atoms with Crippen LogP contribution in [0.25, 0.3) is 11.1 Å². The molecule has 1 unspecified atom stereocenters. The molecule has 0 bridgehead atoms. The zero-order chi connectivity index (χ0) is 23.8. The van der Waals surface area contributed by atoms with Crippen molar-refractivity contribution in [1.82, 2.24) is 4.90 Å². The zero-order valence-corrected chi connectivity index (χ0v) is 19.5. The molecule has 34 heavy (non-hydrogen) atoms. The molecule has 0 aromatic heterocycles. The molecular weight excluding hydrogens is 424 g/mol. The molecule has 0 aliphatic carbocycles. The van der Waals surface area contributed by atoms with Crippen molar-refractivity contribution in [3.63, 3.8) is 0 Å². The Kier molecular flexibility index (Phi) is 7.87. The number of hydrogen-bond acceptors (Lipinski definition) is 4. The van der Waals surface area contributed by atoms with Gasteiger partial charge in [0.05, 0.1) is 6.61 Å². The predicted molar refractivity (Wildman–Crippen MR) is 135 cm³/mol. The van der Waals surface area contributed by atoms with Crippen LogP contribution >= 0.6 is 0 Å². The van der Waals surface area contributed by atoms with E-state index in [1.165, 1.54) is 5.56 Å². The maximum absolute atomic E-state index is 13.2. The Labute approximate surface area is 201 Å². The van der Waals surface area contributed by atoms with Crippen LogP contribution in [-0.4, -0.2) is 48.7 Å². The minimum absolute atomic E-state index is 0.0720. The quantitative estimate of drug-likeness (QED) is 0.469. The molecule has 5 heteroatoms. The summed E-state index contributed by atoms with van der Waals surface area (Å²) in [4.78, 5) is 32.4. The van der Waals surface area contributed by atoms with Crippen molar-refractivity contribution in [3.8, 4) is 11.1 Å². The predicted octanol–water partition coefficient (Wildman–Crippen LogP) is 5.06. The highest BCUT2D eigenvalue weighted by Crippen LogP contribution is 2.22. The molecule has 1 aliphatic rings. The van der Waals surface area contributed by atoms with Gasteiger partial charge in [0, 0.05) is 37.3 Å². The van der Waals surface area contributed by atoms with Crippen molar-refractivity contribution in [2.24, 2.45) is 10.9 Å². The highest BCUT2D eigenvalue weighted by atomic mass is 16.5. The minimum atomic E-state index is -0.517. The molecule has 5 nitrogen and oxygen atoms in total. The second-order valence-corrected chi connectivity index (χ2v) is 8.36. The highest BCUT2D eigenvalue weighted by molar-refractivity contribution is 6.05. The van der Waals surface area contributed by atoms with Crippen molar-refractivity contribution in [3.05, 3.63) is 96.1 Å². The summed E-state index contributed by atoms with van der Waals surface area (Å²) < 4.78 is 5.32. The number of piperidine rings is 1. The van der Waals surface area contributed by atoms with E-state index >= 15 is 0 Å². The van der Waals surface area contributed by atoms with E-state index < -0.39 is 5.92 Å². The largest absolute Gasteiger partial charge is 0.465 e. The van der Waals surface area contributed by atoms with Crippen LogP contribution in [0.4, 0.5) is 0 Å². The first kappa shape index (κ1) is 23.4. The fourth-order valence-electron chi connectivity index (χ4n) is 4.26. The zero-order valence-electron chi connectivity index (χ0n) is 19.5. The van der Waals surface area contributed by atoms with Gasteiger partial charge >= 0.3 is 5.97 Å². The van der Waals surface area contributed by atoms with Crippen LogP contribution < -0.4 is 0 Å². The van der Waals surface area contributed by atoms with Crippen LogP contribution in [0.1, 0.15) is 29.3 Å². The summed E-state index contributed by atoms with van der Waals surface area (Å²) in [6.45, 7) is 3.55. The number of amides is 1. The third-order valence-corrected chi connectivity index (χ3v) is 6.10. The van der Waals surface area contributed by atoms with Gasteiger partial charge in [0.2, 0.25) is 0 Å². The summed E-state index contributed by atoms with van der Waals surface area (Å²) in [5.74, 6) is -0.896. The van der Waals surface area contributed by atoms with Crippen LogP contribution in [0.2, 0.25) is 0 Å². The topological polar surface area (TPSA) is 59.0 Å². The van der Waals surface area contributed by atoms with Gasteiger partial charge in [-0.1, -0.05) is 72.8 Å². The Morgan fingerprint density at radius 3 is 2.24 bits per heavy atom. The standard InChI is InChI=1S/C29H30N2O3/c1-2-34-29(33)26-21-31(20-18-27(26)30-19-17-22-9-5-3-6-10-22)28(32)25-15-13-24(14-16-25)23-11-7-4-8-12-23/h3-16,26H,2,17-21H2,1H3. The third-order valence-electron chi connectivity index (χ3n) is 6.10. The van der Waals surface area contributed by atoms with Crippen molar-refractivity contribution >= 4 is 17.6 Å². The molecular formula is C29H30N2O3. The first-order valence-electron chi connectivity index (χ1n) is 11.8. The number of nitrogens with zero attached hydrogens (tertiary/aromatic N) is 2. The van der Waals surface area contributed by atoms with Crippen LogP contribution in [0.15, 0.2) is 89.9 Å². The Hall–Kier alpha value is -3.73. The number of rotatable bonds is 7. The van der Waals surface area contributed by atoms with E-state index in [0.29, 0.717) is 38.2 Å². The minimum Gasteiger partial charge on any atom is -0.465 e. The summed E-state index contributed by atoms with van der Waals surface area (Å²) >= 11 is 0. The second kappa shape index (κ2) is 11.4. The van der Waals surface area contributed by atoms with Gasteiger partial charge in [-0.15, -0.1) is 0 Å². The molecule has 1 saturated heterocycles. The van der Waals surface area contributed by atoms with E-state index in [-0.39, 0.29) is 11.9 Å². The van der Waals surface area contributed by atoms with Crippen LogP contribution in [0.3, 0.4) is 0 Å². The van der Waals surface area contributed by atoms with Crippen molar-refractivity contribution in [2.75, 3.05) is 26.2 Å². The van der Waals surface area contributed by atoms with Gasteiger partial charge in [0.25, 0.3) is 5.91 Å². The number of carbonyl (C=O) groups is 2. The maximum Gasteiger partial charge on any atom is 0.316 e. The molecule has 0 N–H and O–H groups in total. The highest BCUT2D eigenvalue weighted by Gasteiger charge is 2.34. The lowest BCUT2D eigenvalue weighted by Gasteiger charge is -2.33. The number of ether oxygens (including phenoxy) is 1. The molecule has 3 aromatic rings. The first-order chi connectivity index (χ1) is 16.7. The molecule has 1 fully saturated rings. The number of hydrogen-bond donors (Lipinski definition) is 0. The monoisotopic (exact) mass is 454 g/mol. The first-order valence-corrected chi connectivity index (χ1v) is 11.8. The normalized spacial score (nSPS) is 16.9. The number of carbonyl (C=O) groups excluding carboxylic acids is 2. The van der Waals surface area contributed by atoms with Crippen molar-refractivity contribution < 1.29 is 14.3 Å². The molecule has 0 spiro atoms. The van der Waals surface area contributed by atoms with E-state index in [2.05, 4.69) is 12.1 Å². The van der Waals surface area contributed by atoms with Crippen molar-refractivity contribution in [2.45, 2.75) is 19.8 Å². The van der Waals surface area contributed by atoms with Gasteiger partial charge in [-0.3, -0.25) is 14.6 Å². The Morgan fingerprint density at radius 1 is 0.912 bits per heavy atom. The fraction of sp³-hybridized carbons (Fsp3) is 0.276. The van der Waals surface area contributed by atoms with E-state index in [0.717, 1.165) is 23.3 Å². The SMILES string of the molecule is CCOC(=O)C1CN(C(=O)c2ccc(-c3ccccc3)cc2)CCC1=NCCc1ccccc1. The summed E-state index contributed by atoms with van der Waals surface area (Å²) in [5.41, 5.74) is 4.84. The molecule has 1 amide bonds. The van der Waals surface area contributed by atoms with Gasteiger partial charge in [-0.2, -0.15) is 0 Å². The number of benzene rings is 3. The molecule has 1 aliphatic heterocycles. The fourth-order valence-corrected chi connectivity index (χ4v) is 4.26. The summed E-state index contributed by atoms with van der Waals surface area (Å²) in [6.07, 6.45) is 1.39. The van der Waals surface area contributed by atoms with E-state index in [1.54, 1.807) is 11.8 Å². The molecule has 174 valence electrons. The number of esters is 1. The Morgan fingerprint density at radius 2 is 1.56 bits per heavy atom. The van der Waals surface area contributed by atoms with Crippen LogP contribution in [-0.2, 0) is 16.0 Å². The average Bonchev–Trinajstić information content (AvgIpc) is 2.90. The Balaban J connectivity index is 1.44. The molecule has 1 heterocycles. The second-order valence-electron chi connectivity index (χ2n) is 8.36. The lowest BCUT2D eigenvalue weighted by atomic mass is 9.94. The van der Waals surface area contributed by atoms with Gasteiger partial charge in [-0.25, -0.2) is 0 Å². The van der Waals surface area contributed by atoms with Crippen molar-refractivity contribution in [1.29, 1.82) is 0 Å². The lowest BCUT2D eigenvalue weighted by Crippen LogP contribution is -2.47. The number of likely N-dealkylation sites (tertiary alicyclic amines) is 1. The van der Waals surface area contributed by atoms with E-state index in [4.69, 9.17) is 9.73 Å². The maximum atomic E-state index is 13.2. The molecule has 0 saturated carbocycles. The van der Waals surface area contributed by atoms with E-state index in [1.807, 2.05) is 72.8 Å². The smallest absolute Gasteiger partial charge is 0.316 e. The summed E-state index contributed by atoms with van der Waals surface area (Å²) in [6, 6.07) is 27.9. The third kappa shape index (κ3) is 5.79. The summed E-state index contributed by atoms with van der Waals surface area (Å²) in [7, 11) is 0. The molecule has 1 atom stereocenters. The summed E-state index contributed by atoms with van der Waals surface area (Å²) in [5, 5.41) is 0. The van der Waals surface area contributed by atoms with Crippen LogP contribution in [0, 0.1) is 5.92 Å². The molecule has 0 radical (unpaired) electrons. The molecule has 3 aromatic carbocycles. The van der Waals surface area contributed by atoms with Gasteiger partial charge in [-0.05, 0) is 42.2 Å². The number of aliphatic imine (C=N–C) groups is 1. The van der Waals surface area contributed by atoms with Gasteiger partial charge in [0.15, 0.2) is 0 Å². The van der Waals surface area contributed by atoms with Crippen LogP contribution in [0.5, 0.6) is 0 Å². The average molecular weight is 455 g/mol. The lowest BCUT2D eigenvalue weighted by molar-refractivity contribution is -0.146. The van der Waals surface area contributed by atoms with E-state index in [9.17, 15) is 9.59 Å². The van der Waals surface area contributed by atoms with Gasteiger partial charge in [0.1, 0.15) is 5.92 Å². The molecule has 4 rings (SSSR count). The Bertz CT molecular complexity index is 1130. The van der Waals surface area contributed by atoms with Gasteiger partial charge < -0.3 is 9.64 Å².